The number of anilines is 1. The fraction of sp³-hybridized carbons (Fsp3) is 0.576. The third-order valence-corrected chi connectivity index (χ3v) is 11.0. The van der Waals surface area contributed by atoms with Crippen LogP contribution in [0.2, 0.25) is 5.02 Å². The monoisotopic (exact) mass is 633 g/mol. The first-order chi connectivity index (χ1) is 21.9. The molecular formula is C33H40ClN7O4. The number of nitrogens with one attached hydrogen (secondary N) is 1. The molecule has 1 amide bonds. The first-order valence-electron chi connectivity index (χ1n) is 16.2. The second kappa shape index (κ2) is 11.2. The Labute approximate surface area is 268 Å². The van der Waals surface area contributed by atoms with E-state index in [9.17, 15) is 4.79 Å². The number of hydrogen-bond acceptors (Lipinski definition) is 9. The van der Waals surface area contributed by atoms with Crippen molar-refractivity contribution in [3.63, 3.8) is 0 Å². The Morgan fingerprint density at radius 2 is 2.09 bits per heavy atom. The maximum absolute atomic E-state index is 12.5. The summed E-state index contributed by atoms with van der Waals surface area (Å²) in [5.74, 6) is 1.14. The van der Waals surface area contributed by atoms with E-state index in [1.807, 2.05) is 22.9 Å². The zero-order valence-corrected chi connectivity index (χ0v) is 26.7. The van der Waals surface area contributed by atoms with E-state index in [1.54, 1.807) is 0 Å². The van der Waals surface area contributed by atoms with Crippen LogP contribution >= 0.6 is 11.6 Å². The molecule has 1 aliphatic carbocycles. The molecule has 0 unspecified atom stereocenters. The summed E-state index contributed by atoms with van der Waals surface area (Å²) in [5.41, 5.74) is 7.59. The molecule has 0 radical (unpaired) electrons. The Morgan fingerprint density at radius 3 is 2.98 bits per heavy atom. The Kier molecular flexibility index (Phi) is 7.27. The largest absolute Gasteiger partial charge is 0.461 e. The molecule has 11 nitrogen and oxygen atoms in total. The minimum Gasteiger partial charge on any atom is -0.461 e. The van der Waals surface area contributed by atoms with Gasteiger partial charge in [0.1, 0.15) is 12.4 Å². The summed E-state index contributed by atoms with van der Waals surface area (Å²) >= 11 is 6.63. The highest BCUT2D eigenvalue weighted by Crippen LogP contribution is 2.49. The number of carbonyl (C=O) groups excluding carboxylic acids is 1. The second-order valence-electron chi connectivity index (χ2n) is 13.5. The molecule has 4 aliphatic heterocycles. The van der Waals surface area contributed by atoms with Gasteiger partial charge in [0.15, 0.2) is 5.69 Å². The molecule has 0 saturated carbocycles. The quantitative estimate of drug-likeness (QED) is 0.400. The fourth-order valence-electron chi connectivity index (χ4n) is 8.60. The highest BCUT2D eigenvalue weighted by atomic mass is 35.5. The minimum absolute atomic E-state index is 0.0681. The summed E-state index contributed by atoms with van der Waals surface area (Å²) in [7, 11) is 1.42. The van der Waals surface area contributed by atoms with E-state index in [0.29, 0.717) is 50.3 Å². The molecule has 1 spiro atoms. The van der Waals surface area contributed by atoms with Crippen molar-refractivity contribution in [3.8, 4) is 6.01 Å². The van der Waals surface area contributed by atoms with Crippen LogP contribution in [0.4, 0.5) is 5.82 Å². The maximum atomic E-state index is 12.5. The third kappa shape index (κ3) is 4.99. The number of rotatable bonds is 6. The van der Waals surface area contributed by atoms with Gasteiger partial charge in [-0.1, -0.05) is 30.7 Å². The van der Waals surface area contributed by atoms with E-state index >= 15 is 0 Å². The van der Waals surface area contributed by atoms with Gasteiger partial charge in [0.05, 0.1) is 42.8 Å². The van der Waals surface area contributed by atoms with Crippen molar-refractivity contribution in [2.75, 3.05) is 38.3 Å². The minimum atomic E-state index is -0.459. The number of halogens is 1. The van der Waals surface area contributed by atoms with E-state index in [0.717, 1.165) is 79.5 Å². The Hall–Kier alpha value is -3.25. The average molecular weight is 634 g/mol. The van der Waals surface area contributed by atoms with Crippen LogP contribution in [0.25, 0.3) is 0 Å². The van der Waals surface area contributed by atoms with Gasteiger partial charge >= 0.3 is 6.01 Å². The lowest BCUT2D eigenvalue weighted by Crippen LogP contribution is -2.43. The summed E-state index contributed by atoms with van der Waals surface area (Å²) in [6.07, 6.45) is 6.75. The van der Waals surface area contributed by atoms with E-state index in [2.05, 4.69) is 33.4 Å². The van der Waals surface area contributed by atoms with Crippen LogP contribution < -0.4 is 15.1 Å². The molecule has 2 aromatic heterocycles. The molecule has 3 atom stereocenters. The number of hydrogen-bond donors (Lipinski definition) is 1. The number of aryl methyl sites for hydroxylation is 1. The van der Waals surface area contributed by atoms with Gasteiger partial charge in [-0.05, 0) is 74.2 Å². The molecule has 3 aromatic rings. The van der Waals surface area contributed by atoms with Crippen LogP contribution in [-0.4, -0.2) is 69.4 Å². The lowest BCUT2D eigenvalue weighted by molar-refractivity contribution is -0.0730. The summed E-state index contributed by atoms with van der Waals surface area (Å²) in [4.78, 5) is 32.4. The summed E-state index contributed by atoms with van der Waals surface area (Å²) in [5, 5.41) is 5.35. The number of aromatic nitrogens is 4. The molecule has 2 saturated heterocycles. The zero-order chi connectivity index (χ0) is 30.8. The fourth-order valence-corrected chi connectivity index (χ4v) is 8.87. The van der Waals surface area contributed by atoms with Gasteiger partial charge < -0.3 is 14.4 Å². The normalized spacial score (nSPS) is 27.2. The molecular weight excluding hydrogens is 594 g/mol. The van der Waals surface area contributed by atoms with Crippen molar-refractivity contribution in [2.24, 2.45) is 5.92 Å². The van der Waals surface area contributed by atoms with Gasteiger partial charge in [-0.15, -0.1) is 0 Å². The van der Waals surface area contributed by atoms with Crippen LogP contribution in [0.3, 0.4) is 0 Å². The number of carbonyl (C=O) groups is 1. The van der Waals surface area contributed by atoms with Crippen molar-refractivity contribution >= 4 is 23.3 Å². The Morgan fingerprint density at radius 1 is 1.18 bits per heavy atom. The van der Waals surface area contributed by atoms with E-state index < -0.39 is 5.60 Å². The Bertz CT molecular complexity index is 1650. The number of benzene rings is 1. The SMILES string of the molecule is CONC(=O)c1cc2n(n1)CCCN(c1nc(OC[C@@]34CCCN3C[C@H](C)C4)nc3c1CO[C@@]1(CCc4c(Cl)cccc41)C3)C2. The number of nitrogens with zero attached hydrogens (tertiary/aromatic N) is 6. The van der Waals surface area contributed by atoms with Crippen LogP contribution in [-0.2, 0) is 47.7 Å². The summed E-state index contributed by atoms with van der Waals surface area (Å²) in [6, 6.07) is 8.40. The number of fused-ring (bicyclic) bond motifs is 5. The molecule has 8 rings (SSSR count). The molecule has 5 aliphatic rings. The van der Waals surface area contributed by atoms with E-state index in [4.69, 9.17) is 35.9 Å². The third-order valence-electron chi connectivity index (χ3n) is 10.6. The number of hydroxylamine groups is 1. The van der Waals surface area contributed by atoms with Gasteiger partial charge in [0, 0.05) is 36.6 Å². The van der Waals surface area contributed by atoms with Crippen LogP contribution in [0.5, 0.6) is 6.01 Å². The zero-order valence-electron chi connectivity index (χ0n) is 26.0. The molecule has 0 bridgehead atoms. The highest BCUT2D eigenvalue weighted by molar-refractivity contribution is 6.31. The Balaban J connectivity index is 1.15. The van der Waals surface area contributed by atoms with Gasteiger partial charge in [-0.2, -0.15) is 15.1 Å². The van der Waals surface area contributed by atoms with Crippen molar-refractivity contribution in [1.82, 2.24) is 30.1 Å². The molecule has 238 valence electrons. The predicted octanol–water partition coefficient (Wildman–Crippen LogP) is 4.20. The van der Waals surface area contributed by atoms with Gasteiger partial charge in [-0.3, -0.25) is 19.2 Å². The van der Waals surface area contributed by atoms with Crippen molar-refractivity contribution in [3.05, 3.63) is 63.1 Å². The van der Waals surface area contributed by atoms with Crippen LogP contribution in [0.1, 0.15) is 77.6 Å². The summed E-state index contributed by atoms with van der Waals surface area (Å²) in [6.45, 7) is 7.65. The lowest BCUT2D eigenvalue weighted by atomic mass is 9.87. The standard InChI is InChI=1S/C33H40ClN7O4/c1-21-15-32(9-4-12-40(32)17-21)20-44-31-35-28-16-33(10-8-23-25(33)6-3-7-26(23)34)45-19-24(28)29(36-31)39-11-5-13-41-22(18-39)14-27(37-41)30(42)38-43-2/h3,6-7,14,21H,4-5,8-13,15-20H2,1-2H3,(H,38,42)/t21-,32+,33+/m1/s1. The van der Waals surface area contributed by atoms with Crippen molar-refractivity contribution < 1.29 is 19.1 Å². The van der Waals surface area contributed by atoms with Crippen molar-refractivity contribution in [2.45, 2.75) is 82.7 Å². The highest BCUT2D eigenvalue weighted by Gasteiger charge is 2.48. The topological polar surface area (TPSA) is 107 Å². The molecule has 2 fully saturated rings. The lowest BCUT2D eigenvalue weighted by Gasteiger charge is -2.37. The second-order valence-corrected chi connectivity index (χ2v) is 13.9. The average Bonchev–Trinajstić information content (AvgIpc) is 3.75. The van der Waals surface area contributed by atoms with Crippen molar-refractivity contribution in [1.29, 1.82) is 0 Å². The predicted molar refractivity (Wildman–Crippen MR) is 167 cm³/mol. The molecule has 1 aromatic carbocycles. The molecule has 1 N–H and O–H groups in total. The molecule has 6 heterocycles. The maximum Gasteiger partial charge on any atom is 0.318 e. The van der Waals surface area contributed by atoms with Crippen LogP contribution in [0, 0.1) is 5.92 Å². The first kappa shape index (κ1) is 29.2. The summed E-state index contributed by atoms with van der Waals surface area (Å²) < 4.78 is 15.3. The van der Waals surface area contributed by atoms with Gasteiger partial charge in [0.2, 0.25) is 0 Å². The first-order valence-corrected chi connectivity index (χ1v) is 16.6. The van der Waals surface area contributed by atoms with Crippen LogP contribution in [0.15, 0.2) is 24.3 Å². The molecule has 45 heavy (non-hydrogen) atoms. The number of amides is 1. The van der Waals surface area contributed by atoms with E-state index in [-0.39, 0.29) is 11.4 Å². The van der Waals surface area contributed by atoms with Gasteiger partial charge in [-0.25, -0.2) is 5.48 Å². The smallest absolute Gasteiger partial charge is 0.318 e. The number of ether oxygens (including phenoxy) is 2. The molecule has 12 heteroatoms. The van der Waals surface area contributed by atoms with E-state index in [1.165, 1.54) is 24.7 Å². The van der Waals surface area contributed by atoms with Gasteiger partial charge in [0.25, 0.3) is 5.91 Å².